The second-order valence-corrected chi connectivity index (χ2v) is 9.31. The molecule has 0 radical (unpaired) electrons. The van der Waals surface area contributed by atoms with Gasteiger partial charge in [0.2, 0.25) is 5.91 Å². The van der Waals surface area contributed by atoms with E-state index in [1.807, 2.05) is 14.1 Å². The van der Waals surface area contributed by atoms with Crippen LogP contribution >= 0.6 is 0 Å². The van der Waals surface area contributed by atoms with Gasteiger partial charge < -0.3 is 10.2 Å². The third kappa shape index (κ3) is 26.6. The fraction of sp³-hybridized carbons (Fsp3) is 0.828. The van der Waals surface area contributed by atoms with Crippen molar-refractivity contribution in [3.05, 3.63) is 0 Å². The van der Waals surface area contributed by atoms with E-state index in [-0.39, 0.29) is 5.91 Å². The first-order valence-electron chi connectivity index (χ1n) is 13.5. The summed E-state index contributed by atoms with van der Waals surface area (Å²) in [6.07, 6.45) is 23.4. The molecule has 0 aromatic heterocycles. The van der Waals surface area contributed by atoms with E-state index in [2.05, 4.69) is 40.8 Å². The van der Waals surface area contributed by atoms with Crippen molar-refractivity contribution in [1.29, 1.82) is 0 Å². The quantitative estimate of drug-likeness (QED) is 0.151. The van der Waals surface area contributed by atoms with E-state index in [0.717, 1.165) is 45.2 Å². The van der Waals surface area contributed by atoms with Crippen molar-refractivity contribution in [1.82, 2.24) is 10.2 Å². The lowest BCUT2D eigenvalue weighted by Crippen LogP contribution is -2.31. The molecule has 0 aliphatic rings. The lowest BCUT2D eigenvalue weighted by Gasteiger charge is -2.10. The largest absolute Gasteiger partial charge is 0.355 e. The first kappa shape index (κ1) is 30.6. The summed E-state index contributed by atoms with van der Waals surface area (Å²) in [6, 6.07) is 0. The number of hydrogen-bond acceptors (Lipinski definition) is 2. The zero-order chi connectivity index (χ0) is 23.5. The van der Waals surface area contributed by atoms with Crippen LogP contribution in [-0.2, 0) is 4.79 Å². The van der Waals surface area contributed by atoms with Gasteiger partial charge in [0.05, 0.1) is 0 Å². The number of rotatable bonds is 21. The van der Waals surface area contributed by atoms with Crippen LogP contribution in [0.4, 0.5) is 0 Å². The van der Waals surface area contributed by atoms with E-state index in [1.165, 1.54) is 83.5 Å². The standard InChI is InChI=1S/C29H52N2O/c1-4-5-6-7-8-9-10-11-12-13-14-15-16-17-18-19-20-21-22-23-24-25-26-29(32)30-27-28-31(2)3/h4-14,19-28H2,1-3H3,(H,30,32). The molecule has 0 heterocycles. The maximum Gasteiger partial charge on any atom is 0.220 e. The third-order valence-electron chi connectivity index (χ3n) is 5.73. The Labute approximate surface area is 200 Å². The van der Waals surface area contributed by atoms with Crippen molar-refractivity contribution in [2.45, 2.75) is 129 Å². The molecule has 1 amide bonds. The predicted octanol–water partition coefficient (Wildman–Crippen LogP) is 7.10. The molecule has 0 aromatic rings. The number of nitrogens with zero attached hydrogens (tertiary/aromatic N) is 1. The van der Waals surface area contributed by atoms with E-state index < -0.39 is 0 Å². The van der Waals surface area contributed by atoms with E-state index in [9.17, 15) is 4.79 Å². The van der Waals surface area contributed by atoms with Crippen molar-refractivity contribution in [2.24, 2.45) is 0 Å². The minimum atomic E-state index is 0.191. The molecular weight excluding hydrogens is 392 g/mol. The van der Waals surface area contributed by atoms with Crippen LogP contribution in [0.15, 0.2) is 0 Å². The van der Waals surface area contributed by atoms with E-state index in [4.69, 9.17) is 0 Å². The average molecular weight is 445 g/mol. The fourth-order valence-electron chi connectivity index (χ4n) is 3.63. The highest BCUT2D eigenvalue weighted by atomic mass is 16.1. The van der Waals surface area contributed by atoms with Crippen LogP contribution in [0.5, 0.6) is 0 Å². The summed E-state index contributed by atoms with van der Waals surface area (Å²) in [5.74, 6) is 12.6. The number of carbonyl (C=O) groups is 1. The van der Waals surface area contributed by atoms with Crippen molar-refractivity contribution in [3.8, 4) is 23.7 Å². The maximum atomic E-state index is 11.7. The Hall–Kier alpha value is -1.45. The normalized spacial score (nSPS) is 10.4. The molecule has 3 nitrogen and oxygen atoms in total. The molecule has 0 unspecified atom stereocenters. The molecular formula is C29H52N2O. The topological polar surface area (TPSA) is 32.3 Å². The van der Waals surface area contributed by atoms with Gasteiger partial charge in [-0.05, 0) is 45.2 Å². The Kier molecular flexibility index (Phi) is 24.6. The molecule has 0 spiro atoms. The number of hydrogen-bond donors (Lipinski definition) is 1. The van der Waals surface area contributed by atoms with Crippen LogP contribution in [0.25, 0.3) is 0 Å². The van der Waals surface area contributed by atoms with Crippen LogP contribution < -0.4 is 5.32 Å². The van der Waals surface area contributed by atoms with E-state index >= 15 is 0 Å². The molecule has 0 aliphatic carbocycles. The van der Waals surface area contributed by atoms with Gasteiger partial charge in [0.15, 0.2) is 0 Å². The zero-order valence-electron chi connectivity index (χ0n) is 21.7. The van der Waals surface area contributed by atoms with Crippen LogP contribution in [0.3, 0.4) is 0 Å². The van der Waals surface area contributed by atoms with Crippen LogP contribution in [-0.4, -0.2) is 38.0 Å². The second-order valence-electron chi connectivity index (χ2n) is 9.31. The van der Waals surface area contributed by atoms with Crippen molar-refractivity contribution in [3.63, 3.8) is 0 Å². The fourth-order valence-corrected chi connectivity index (χ4v) is 3.63. The molecule has 0 fully saturated rings. The Morgan fingerprint density at radius 1 is 0.656 bits per heavy atom. The Balaban J connectivity index is 3.31. The van der Waals surface area contributed by atoms with Gasteiger partial charge in [0, 0.05) is 32.4 Å². The zero-order valence-corrected chi connectivity index (χ0v) is 21.7. The molecule has 0 saturated heterocycles. The summed E-state index contributed by atoms with van der Waals surface area (Å²) in [4.78, 5) is 13.8. The second kappa shape index (κ2) is 25.8. The first-order chi connectivity index (χ1) is 15.7. The molecule has 0 atom stereocenters. The molecule has 0 aliphatic heterocycles. The number of unbranched alkanes of at least 4 members (excludes halogenated alkanes) is 16. The van der Waals surface area contributed by atoms with Gasteiger partial charge in [-0.15, -0.1) is 0 Å². The predicted molar refractivity (Wildman–Crippen MR) is 141 cm³/mol. The van der Waals surface area contributed by atoms with Crippen LogP contribution in [0.2, 0.25) is 0 Å². The molecule has 3 heteroatoms. The van der Waals surface area contributed by atoms with Crippen LogP contribution in [0.1, 0.15) is 129 Å². The van der Waals surface area contributed by atoms with Gasteiger partial charge in [-0.1, -0.05) is 102 Å². The van der Waals surface area contributed by atoms with Crippen LogP contribution in [0, 0.1) is 23.7 Å². The lowest BCUT2D eigenvalue weighted by molar-refractivity contribution is -0.121. The number of likely N-dealkylation sites (N-methyl/N-ethyl adjacent to an activating group) is 1. The number of amides is 1. The molecule has 0 bridgehead atoms. The molecule has 0 rings (SSSR count). The number of carbonyl (C=O) groups excluding carboxylic acids is 1. The monoisotopic (exact) mass is 444 g/mol. The SMILES string of the molecule is CCCCCCCCCCCCC#CC#CCCCCCCCCC(=O)NCCN(C)C. The summed E-state index contributed by atoms with van der Waals surface area (Å²) in [7, 11) is 4.04. The van der Waals surface area contributed by atoms with E-state index in [0.29, 0.717) is 6.42 Å². The number of nitrogens with one attached hydrogen (secondary N) is 1. The highest BCUT2D eigenvalue weighted by Crippen LogP contribution is 2.11. The smallest absolute Gasteiger partial charge is 0.220 e. The minimum absolute atomic E-state index is 0.191. The highest BCUT2D eigenvalue weighted by Gasteiger charge is 2.00. The molecule has 184 valence electrons. The lowest BCUT2D eigenvalue weighted by atomic mass is 10.1. The summed E-state index contributed by atoms with van der Waals surface area (Å²) < 4.78 is 0. The Bertz CT molecular complexity index is 533. The minimum Gasteiger partial charge on any atom is -0.355 e. The summed E-state index contributed by atoms with van der Waals surface area (Å²) in [5, 5.41) is 2.97. The third-order valence-corrected chi connectivity index (χ3v) is 5.73. The molecule has 1 N–H and O–H groups in total. The molecule has 32 heavy (non-hydrogen) atoms. The van der Waals surface area contributed by atoms with Gasteiger partial charge in [-0.25, -0.2) is 0 Å². The van der Waals surface area contributed by atoms with Crippen molar-refractivity contribution >= 4 is 5.91 Å². The molecule has 0 aromatic carbocycles. The average Bonchev–Trinajstić information content (AvgIpc) is 2.77. The first-order valence-corrected chi connectivity index (χ1v) is 13.5. The summed E-state index contributed by atoms with van der Waals surface area (Å²) >= 11 is 0. The molecule has 0 saturated carbocycles. The summed E-state index contributed by atoms with van der Waals surface area (Å²) in [5.41, 5.74) is 0. The van der Waals surface area contributed by atoms with Crippen molar-refractivity contribution in [2.75, 3.05) is 27.2 Å². The highest BCUT2D eigenvalue weighted by molar-refractivity contribution is 5.75. The van der Waals surface area contributed by atoms with Gasteiger partial charge in [0.25, 0.3) is 0 Å². The Morgan fingerprint density at radius 3 is 1.56 bits per heavy atom. The summed E-state index contributed by atoms with van der Waals surface area (Å²) in [6.45, 7) is 3.93. The van der Waals surface area contributed by atoms with E-state index in [1.54, 1.807) is 0 Å². The van der Waals surface area contributed by atoms with Gasteiger partial charge in [0.1, 0.15) is 0 Å². The van der Waals surface area contributed by atoms with Crippen molar-refractivity contribution < 1.29 is 4.79 Å². The van der Waals surface area contributed by atoms with Gasteiger partial charge in [-0.2, -0.15) is 0 Å². The van der Waals surface area contributed by atoms with Gasteiger partial charge in [-0.3, -0.25) is 4.79 Å². The Morgan fingerprint density at radius 2 is 1.09 bits per heavy atom. The van der Waals surface area contributed by atoms with Gasteiger partial charge >= 0.3 is 0 Å². The maximum absolute atomic E-state index is 11.7.